The Labute approximate surface area is 234 Å². The molecular weight excluding hydrogens is 552 g/mol. The molecule has 1 N–H and O–H groups in total. The number of esters is 4. The van der Waals surface area contributed by atoms with Crippen molar-refractivity contribution < 1.29 is 57.4 Å². The molecule has 2 fully saturated rings. The van der Waals surface area contributed by atoms with Crippen molar-refractivity contribution in [3.63, 3.8) is 0 Å². The van der Waals surface area contributed by atoms with Crippen molar-refractivity contribution in [3.8, 4) is 0 Å². The fourth-order valence-electron chi connectivity index (χ4n) is 4.59. The summed E-state index contributed by atoms with van der Waals surface area (Å²) in [6.45, 7) is 3.77. The van der Waals surface area contributed by atoms with Gasteiger partial charge in [0.1, 0.15) is 31.0 Å². The molecule has 0 aliphatic carbocycles. The molecule has 2 heterocycles. The summed E-state index contributed by atoms with van der Waals surface area (Å²) < 4.78 is 39.5. The second-order valence-corrected chi connectivity index (χ2v) is 9.21. The van der Waals surface area contributed by atoms with Gasteiger partial charge in [-0.25, -0.2) is 0 Å². The van der Waals surface area contributed by atoms with Crippen LogP contribution in [-0.2, 0) is 52.3 Å². The molecule has 2 unspecified atom stereocenters. The second kappa shape index (κ2) is 16.6. The van der Waals surface area contributed by atoms with Crippen LogP contribution in [0.5, 0.6) is 0 Å². The summed E-state index contributed by atoms with van der Waals surface area (Å²) >= 11 is 0. The van der Waals surface area contributed by atoms with Crippen LogP contribution in [0.15, 0.2) is 10.2 Å². The van der Waals surface area contributed by atoms with Gasteiger partial charge in [0.25, 0.3) is 0 Å². The minimum Gasteiger partial charge on any atom is -0.463 e. The molecule has 18 nitrogen and oxygen atoms in total. The van der Waals surface area contributed by atoms with Crippen molar-refractivity contribution in [2.75, 3.05) is 19.8 Å². The highest BCUT2D eigenvalue weighted by Gasteiger charge is 2.54. The van der Waals surface area contributed by atoms with Crippen LogP contribution in [0.2, 0.25) is 0 Å². The molecule has 2 saturated heterocycles. The van der Waals surface area contributed by atoms with Gasteiger partial charge in [0, 0.05) is 44.1 Å². The van der Waals surface area contributed by atoms with Gasteiger partial charge in [-0.2, -0.15) is 0 Å². The maximum atomic E-state index is 12.0. The molecule has 0 aromatic heterocycles. The predicted octanol–water partition coefficient (Wildman–Crippen LogP) is 1.37. The SMILES string of the molecule is CC(=O)OC[C@H]1OC(CCCCO)[C@H](OC(C)=O)[C@@H]1O[C@H]1O[C@@H](CN=[N+]=[N-])[C@@H](OC(C)=O)[C@H](OC(C)=O)C1N=[N+]=[N-]. The summed E-state index contributed by atoms with van der Waals surface area (Å²) in [5, 5.41) is 16.3. The van der Waals surface area contributed by atoms with Gasteiger partial charge in [-0.3, -0.25) is 19.2 Å². The third kappa shape index (κ3) is 10.0. The predicted molar refractivity (Wildman–Crippen MR) is 133 cm³/mol. The van der Waals surface area contributed by atoms with Crippen LogP contribution in [0.3, 0.4) is 0 Å². The number of aliphatic hydroxyl groups is 1. The van der Waals surface area contributed by atoms with Crippen LogP contribution < -0.4 is 0 Å². The van der Waals surface area contributed by atoms with E-state index >= 15 is 0 Å². The number of rotatable bonds is 14. The molecule has 0 radical (unpaired) electrons. The van der Waals surface area contributed by atoms with Crippen LogP contribution in [0.25, 0.3) is 20.9 Å². The van der Waals surface area contributed by atoms with E-state index < -0.39 is 85.5 Å². The summed E-state index contributed by atoms with van der Waals surface area (Å²) in [6.07, 6.45) is -8.24. The van der Waals surface area contributed by atoms with Crippen molar-refractivity contribution in [2.24, 2.45) is 10.2 Å². The summed E-state index contributed by atoms with van der Waals surface area (Å²) in [6, 6.07) is -1.45. The van der Waals surface area contributed by atoms with Gasteiger partial charge in [0.15, 0.2) is 24.6 Å². The van der Waals surface area contributed by atoms with E-state index in [9.17, 15) is 29.8 Å². The lowest BCUT2D eigenvalue weighted by Gasteiger charge is -2.44. The molecule has 2 aliphatic heterocycles. The summed E-state index contributed by atoms with van der Waals surface area (Å²) in [4.78, 5) is 52.9. The molecule has 0 aromatic carbocycles. The van der Waals surface area contributed by atoms with Gasteiger partial charge in [-0.15, -0.1) is 0 Å². The number of hydrogen-bond donors (Lipinski definition) is 1. The molecular formula is C23H34N6O12. The van der Waals surface area contributed by atoms with E-state index in [2.05, 4.69) is 20.1 Å². The maximum Gasteiger partial charge on any atom is 0.303 e. The van der Waals surface area contributed by atoms with Gasteiger partial charge in [-0.05, 0) is 30.3 Å². The highest BCUT2D eigenvalue weighted by atomic mass is 16.7. The molecule has 2 aliphatic rings. The minimum absolute atomic E-state index is 0.0703. The minimum atomic E-state index is -1.54. The first kappa shape index (κ1) is 33.5. The van der Waals surface area contributed by atoms with E-state index in [0.29, 0.717) is 19.3 Å². The van der Waals surface area contributed by atoms with Crippen molar-refractivity contribution in [2.45, 2.75) is 102 Å². The molecule has 0 aromatic rings. The lowest BCUT2D eigenvalue weighted by molar-refractivity contribution is -0.285. The Hall–Kier alpha value is -3.66. The van der Waals surface area contributed by atoms with Crippen molar-refractivity contribution in [1.82, 2.24) is 0 Å². The maximum absolute atomic E-state index is 12.0. The van der Waals surface area contributed by atoms with Crippen LogP contribution in [0.4, 0.5) is 0 Å². The van der Waals surface area contributed by atoms with Gasteiger partial charge >= 0.3 is 23.9 Å². The number of aliphatic hydroxyl groups excluding tert-OH is 1. The Morgan fingerprint density at radius 1 is 0.780 bits per heavy atom. The molecule has 18 heteroatoms. The first-order chi connectivity index (χ1) is 19.5. The third-order valence-corrected chi connectivity index (χ3v) is 6.08. The topological polar surface area (TPSA) is 251 Å². The lowest BCUT2D eigenvalue weighted by Crippen LogP contribution is -2.62. The smallest absolute Gasteiger partial charge is 0.303 e. The highest BCUT2D eigenvalue weighted by Crippen LogP contribution is 2.36. The van der Waals surface area contributed by atoms with Crippen molar-refractivity contribution in [3.05, 3.63) is 20.9 Å². The molecule has 0 amide bonds. The Bertz CT molecular complexity index is 1030. The van der Waals surface area contributed by atoms with Crippen molar-refractivity contribution >= 4 is 23.9 Å². The number of azide groups is 2. The average molecular weight is 587 g/mol. The molecule has 9 atom stereocenters. The Kier molecular flexibility index (Phi) is 13.6. The summed E-state index contributed by atoms with van der Waals surface area (Å²) in [5.74, 6) is -2.88. The fourth-order valence-corrected chi connectivity index (χ4v) is 4.59. The van der Waals surface area contributed by atoms with E-state index in [-0.39, 0.29) is 13.2 Å². The first-order valence-corrected chi connectivity index (χ1v) is 12.8. The van der Waals surface area contributed by atoms with E-state index in [1.54, 1.807) is 0 Å². The first-order valence-electron chi connectivity index (χ1n) is 12.8. The number of unbranched alkanes of at least 4 members (excludes halogenated alkanes) is 1. The summed E-state index contributed by atoms with van der Waals surface area (Å²) in [7, 11) is 0. The number of hydrogen-bond acceptors (Lipinski definition) is 14. The largest absolute Gasteiger partial charge is 0.463 e. The molecule has 0 saturated carbocycles. The average Bonchev–Trinajstić information content (AvgIpc) is 3.19. The quantitative estimate of drug-likeness (QED) is 0.0756. The number of ether oxygens (including phenoxy) is 7. The zero-order valence-electron chi connectivity index (χ0n) is 23.1. The van der Waals surface area contributed by atoms with Crippen LogP contribution in [-0.4, -0.2) is 104 Å². The standard InChI is InChI=1S/C23H34N6O12/c1-11(31)35-10-17-21(19(36-12(2)32)15(39-17)7-5-6-8-30)41-23-18(27-29-25)22(38-14(4)34)20(37-13(3)33)16(40-23)9-26-28-24/h15-23,30H,5-10H2,1-4H3/t15?,16-,17+,18?,19-,20+,21+,22+,23+/m0/s1. The van der Waals surface area contributed by atoms with Crippen LogP contribution in [0.1, 0.15) is 47.0 Å². The molecule has 228 valence electrons. The Morgan fingerprint density at radius 2 is 1.39 bits per heavy atom. The molecule has 0 spiro atoms. The molecule has 41 heavy (non-hydrogen) atoms. The number of carbonyl (C=O) groups excluding carboxylic acids is 4. The molecule has 2 rings (SSSR count). The highest BCUT2D eigenvalue weighted by molar-refractivity contribution is 5.68. The zero-order valence-corrected chi connectivity index (χ0v) is 23.1. The van der Waals surface area contributed by atoms with Gasteiger partial charge < -0.3 is 38.3 Å². The zero-order chi connectivity index (χ0) is 30.5. The number of nitrogens with zero attached hydrogens (tertiary/aromatic N) is 6. The lowest BCUT2D eigenvalue weighted by atomic mass is 9.96. The normalized spacial score (nSPS) is 30.7. The van der Waals surface area contributed by atoms with E-state index in [1.807, 2.05) is 0 Å². The fraction of sp³-hybridized carbons (Fsp3) is 0.826. The second-order valence-electron chi connectivity index (χ2n) is 9.21. The van der Waals surface area contributed by atoms with Crippen molar-refractivity contribution in [1.29, 1.82) is 0 Å². The summed E-state index contributed by atoms with van der Waals surface area (Å²) in [5.41, 5.74) is 18.2. The van der Waals surface area contributed by atoms with E-state index in [4.69, 9.17) is 38.7 Å². The van der Waals surface area contributed by atoms with E-state index in [1.165, 1.54) is 13.8 Å². The van der Waals surface area contributed by atoms with Crippen LogP contribution in [0, 0.1) is 0 Å². The van der Waals surface area contributed by atoms with Gasteiger partial charge in [0.05, 0.1) is 12.6 Å². The van der Waals surface area contributed by atoms with Gasteiger partial charge in [0.2, 0.25) is 0 Å². The third-order valence-electron chi connectivity index (χ3n) is 6.08. The molecule has 0 bridgehead atoms. The van der Waals surface area contributed by atoms with Gasteiger partial charge in [-0.1, -0.05) is 10.2 Å². The monoisotopic (exact) mass is 586 g/mol. The Balaban J connectivity index is 2.53. The Morgan fingerprint density at radius 3 is 1.93 bits per heavy atom. The van der Waals surface area contributed by atoms with E-state index in [0.717, 1.165) is 13.8 Å². The number of carbonyl (C=O) groups is 4. The van der Waals surface area contributed by atoms with Crippen LogP contribution >= 0.6 is 0 Å².